The quantitative estimate of drug-likeness (QED) is 0.662. The molecule has 0 heterocycles. The van der Waals surface area contributed by atoms with Gasteiger partial charge in [-0.1, -0.05) is 50.1 Å². The van der Waals surface area contributed by atoms with Crippen LogP contribution in [0.5, 0.6) is 0 Å². The number of carbonyl (C=O) groups excluding carboxylic acids is 1. The fourth-order valence-electron chi connectivity index (χ4n) is 1.55. The molecule has 1 nitrogen and oxygen atoms in total. The predicted octanol–water partition coefficient (Wildman–Crippen LogP) is 4.00. The van der Waals surface area contributed by atoms with Crippen LogP contribution in [0.2, 0.25) is 0 Å². The zero-order valence-electron chi connectivity index (χ0n) is 9.92. The first-order valence-electron chi connectivity index (χ1n) is 5.69. The minimum absolute atomic E-state index is 0.274. The summed E-state index contributed by atoms with van der Waals surface area (Å²) in [5.41, 5.74) is 2.05. The van der Waals surface area contributed by atoms with Gasteiger partial charge in [0.1, 0.15) is 0 Å². The topological polar surface area (TPSA) is 17.1 Å². The van der Waals surface area contributed by atoms with E-state index in [1.807, 2.05) is 31.2 Å². The molecular formula is C14H20O. The SMILES string of the molecule is Cc1ccc(C(=O)CCCC(C)C)cc1. The van der Waals surface area contributed by atoms with Crippen molar-refractivity contribution < 1.29 is 4.79 Å². The van der Waals surface area contributed by atoms with E-state index < -0.39 is 0 Å². The molecule has 0 radical (unpaired) electrons. The molecule has 1 heteroatoms. The van der Waals surface area contributed by atoms with E-state index in [1.165, 1.54) is 5.56 Å². The van der Waals surface area contributed by atoms with Crippen LogP contribution < -0.4 is 0 Å². The van der Waals surface area contributed by atoms with E-state index in [4.69, 9.17) is 0 Å². The molecule has 0 unspecified atom stereocenters. The Hall–Kier alpha value is -1.11. The molecular weight excluding hydrogens is 184 g/mol. The van der Waals surface area contributed by atoms with Gasteiger partial charge in [0.05, 0.1) is 0 Å². The highest BCUT2D eigenvalue weighted by Crippen LogP contribution is 2.11. The molecule has 1 aromatic carbocycles. The van der Waals surface area contributed by atoms with Crippen molar-refractivity contribution >= 4 is 5.78 Å². The molecule has 0 spiro atoms. The number of Topliss-reactive ketones (excluding diaryl/α,β-unsaturated/α-hetero) is 1. The maximum absolute atomic E-state index is 11.7. The van der Waals surface area contributed by atoms with Crippen molar-refractivity contribution in [1.82, 2.24) is 0 Å². The lowest BCUT2D eigenvalue weighted by molar-refractivity contribution is 0.0978. The van der Waals surface area contributed by atoms with Crippen LogP contribution in [0.4, 0.5) is 0 Å². The first-order valence-corrected chi connectivity index (χ1v) is 5.69. The number of rotatable bonds is 5. The summed E-state index contributed by atoms with van der Waals surface area (Å²) >= 11 is 0. The fourth-order valence-corrected chi connectivity index (χ4v) is 1.55. The van der Waals surface area contributed by atoms with Crippen LogP contribution in [-0.4, -0.2) is 5.78 Å². The maximum atomic E-state index is 11.7. The molecule has 15 heavy (non-hydrogen) atoms. The van der Waals surface area contributed by atoms with Gasteiger partial charge in [0, 0.05) is 12.0 Å². The summed E-state index contributed by atoms with van der Waals surface area (Å²) in [4.78, 5) is 11.7. The summed E-state index contributed by atoms with van der Waals surface area (Å²) < 4.78 is 0. The van der Waals surface area contributed by atoms with Crippen molar-refractivity contribution in [3.63, 3.8) is 0 Å². The lowest BCUT2D eigenvalue weighted by Crippen LogP contribution is -1.99. The third-order valence-corrected chi connectivity index (χ3v) is 2.56. The van der Waals surface area contributed by atoms with Gasteiger partial charge in [-0.3, -0.25) is 4.79 Å². The highest BCUT2D eigenvalue weighted by molar-refractivity contribution is 5.96. The maximum Gasteiger partial charge on any atom is 0.162 e. The number of carbonyl (C=O) groups is 1. The van der Waals surface area contributed by atoms with Gasteiger partial charge in [-0.25, -0.2) is 0 Å². The highest BCUT2D eigenvalue weighted by Gasteiger charge is 2.05. The van der Waals surface area contributed by atoms with E-state index in [2.05, 4.69) is 13.8 Å². The Labute approximate surface area is 92.5 Å². The third-order valence-electron chi connectivity index (χ3n) is 2.56. The van der Waals surface area contributed by atoms with Crippen LogP contribution in [0.15, 0.2) is 24.3 Å². The second-order valence-electron chi connectivity index (χ2n) is 4.58. The van der Waals surface area contributed by atoms with E-state index in [-0.39, 0.29) is 5.78 Å². The smallest absolute Gasteiger partial charge is 0.162 e. The molecule has 0 saturated heterocycles. The van der Waals surface area contributed by atoms with Crippen LogP contribution in [0.1, 0.15) is 49.0 Å². The molecule has 1 aromatic rings. The first-order chi connectivity index (χ1) is 7.09. The van der Waals surface area contributed by atoms with Crippen LogP contribution in [0.3, 0.4) is 0 Å². The number of hydrogen-bond acceptors (Lipinski definition) is 1. The third kappa shape index (κ3) is 4.28. The Bertz CT molecular complexity index is 309. The lowest BCUT2D eigenvalue weighted by Gasteiger charge is -2.04. The lowest BCUT2D eigenvalue weighted by atomic mass is 10.0. The Morgan fingerprint density at radius 3 is 2.33 bits per heavy atom. The summed E-state index contributed by atoms with van der Waals surface area (Å²) in [5.74, 6) is 0.964. The second-order valence-corrected chi connectivity index (χ2v) is 4.58. The van der Waals surface area contributed by atoms with Gasteiger partial charge in [-0.15, -0.1) is 0 Å². The second kappa shape index (κ2) is 5.69. The zero-order chi connectivity index (χ0) is 11.3. The molecule has 0 N–H and O–H groups in total. The summed E-state index contributed by atoms with van der Waals surface area (Å²) in [6.07, 6.45) is 2.82. The average Bonchev–Trinajstić information content (AvgIpc) is 2.18. The van der Waals surface area contributed by atoms with E-state index in [9.17, 15) is 4.79 Å². The van der Waals surface area contributed by atoms with E-state index in [0.29, 0.717) is 12.3 Å². The largest absolute Gasteiger partial charge is 0.294 e. The number of benzene rings is 1. The zero-order valence-corrected chi connectivity index (χ0v) is 9.92. The first kappa shape index (κ1) is 12.0. The molecule has 82 valence electrons. The molecule has 0 amide bonds. The number of ketones is 1. The van der Waals surface area contributed by atoms with Crippen molar-refractivity contribution in [2.45, 2.75) is 40.0 Å². The number of hydrogen-bond donors (Lipinski definition) is 0. The Balaban J connectivity index is 2.43. The van der Waals surface area contributed by atoms with Gasteiger partial charge in [0.2, 0.25) is 0 Å². The van der Waals surface area contributed by atoms with Crippen molar-refractivity contribution in [2.24, 2.45) is 5.92 Å². The summed E-state index contributed by atoms with van der Waals surface area (Å²) in [6, 6.07) is 7.84. The molecule has 0 bridgehead atoms. The Kier molecular flexibility index (Phi) is 4.54. The Morgan fingerprint density at radius 1 is 1.20 bits per heavy atom. The molecule has 1 rings (SSSR count). The van der Waals surface area contributed by atoms with E-state index in [0.717, 1.165) is 18.4 Å². The Morgan fingerprint density at radius 2 is 1.80 bits per heavy atom. The van der Waals surface area contributed by atoms with Gasteiger partial charge < -0.3 is 0 Å². The highest BCUT2D eigenvalue weighted by atomic mass is 16.1. The molecule has 0 aliphatic rings. The van der Waals surface area contributed by atoms with Crippen LogP contribution in [0.25, 0.3) is 0 Å². The monoisotopic (exact) mass is 204 g/mol. The molecule has 0 aliphatic carbocycles. The van der Waals surface area contributed by atoms with Crippen LogP contribution in [-0.2, 0) is 0 Å². The molecule has 0 fully saturated rings. The van der Waals surface area contributed by atoms with Gasteiger partial charge in [0.25, 0.3) is 0 Å². The van der Waals surface area contributed by atoms with Gasteiger partial charge in [0.15, 0.2) is 5.78 Å². The van der Waals surface area contributed by atoms with Gasteiger partial charge >= 0.3 is 0 Å². The van der Waals surface area contributed by atoms with Crippen molar-refractivity contribution in [3.05, 3.63) is 35.4 Å². The van der Waals surface area contributed by atoms with Crippen molar-refractivity contribution in [3.8, 4) is 0 Å². The summed E-state index contributed by atoms with van der Waals surface area (Å²) in [5, 5.41) is 0. The molecule has 0 aromatic heterocycles. The van der Waals surface area contributed by atoms with Crippen LogP contribution >= 0.6 is 0 Å². The van der Waals surface area contributed by atoms with Crippen LogP contribution in [0, 0.1) is 12.8 Å². The van der Waals surface area contributed by atoms with Crippen molar-refractivity contribution in [2.75, 3.05) is 0 Å². The molecule has 0 saturated carbocycles. The molecule has 0 aliphatic heterocycles. The molecule has 0 atom stereocenters. The number of aryl methyl sites for hydroxylation is 1. The summed E-state index contributed by atoms with van der Waals surface area (Å²) in [6.45, 7) is 6.42. The minimum Gasteiger partial charge on any atom is -0.294 e. The van der Waals surface area contributed by atoms with Gasteiger partial charge in [-0.2, -0.15) is 0 Å². The normalized spacial score (nSPS) is 10.7. The standard InChI is InChI=1S/C14H20O/c1-11(2)5-4-6-14(15)13-9-7-12(3)8-10-13/h7-11H,4-6H2,1-3H3. The van der Waals surface area contributed by atoms with E-state index in [1.54, 1.807) is 0 Å². The van der Waals surface area contributed by atoms with Crippen molar-refractivity contribution in [1.29, 1.82) is 0 Å². The predicted molar refractivity (Wildman–Crippen MR) is 64.2 cm³/mol. The summed E-state index contributed by atoms with van der Waals surface area (Å²) in [7, 11) is 0. The van der Waals surface area contributed by atoms with Gasteiger partial charge in [-0.05, 0) is 19.3 Å². The minimum atomic E-state index is 0.274. The fraction of sp³-hybridized carbons (Fsp3) is 0.500. The average molecular weight is 204 g/mol. The van der Waals surface area contributed by atoms with E-state index >= 15 is 0 Å².